The third-order valence-electron chi connectivity index (χ3n) is 1.91. The largest absolute Gasteiger partial charge is 0.381 e. The SMILES string of the molecule is CCOCCS(=O)(=O)N(CC)CCC#N. The fourth-order valence-corrected chi connectivity index (χ4v) is 2.46. The van der Waals surface area contributed by atoms with Gasteiger partial charge in [0.25, 0.3) is 0 Å². The first-order valence-corrected chi connectivity index (χ1v) is 6.61. The van der Waals surface area contributed by atoms with Gasteiger partial charge in [0, 0.05) is 26.1 Å². The van der Waals surface area contributed by atoms with Crippen molar-refractivity contribution in [2.75, 3.05) is 32.1 Å². The second-order valence-electron chi connectivity index (χ2n) is 2.91. The Kier molecular flexibility index (Phi) is 7.30. The van der Waals surface area contributed by atoms with Crippen LogP contribution in [0.15, 0.2) is 0 Å². The van der Waals surface area contributed by atoms with E-state index in [0.717, 1.165) is 0 Å². The molecule has 6 heteroatoms. The fourth-order valence-electron chi connectivity index (χ4n) is 1.11. The lowest BCUT2D eigenvalue weighted by atomic mass is 10.5. The van der Waals surface area contributed by atoms with Crippen molar-refractivity contribution in [2.45, 2.75) is 20.3 Å². The quantitative estimate of drug-likeness (QED) is 0.576. The van der Waals surface area contributed by atoms with Gasteiger partial charge in [0.05, 0.1) is 18.4 Å². The highest BCUT2D eigenvalue weighted by atomic mass is 32.2. The van der Waals surface area contributed by atoms with Gasteiger partial charge in [0.2, 0.25) is 10.0 Å². The summed E-state index contributed by atoms with van der Waals surface area (Å²) in [4.78, 5) is 0. The van der Waals surface area contributed by atoms with Gasteiger partial charge in [0.1, 0.15) is 0 Å². The van der Waals surface area contributed by atoms with Crippen LogP contribution in [0, 0.1) is 11.3 Å². The van der Waals surface area contributed by atoms with E-state index in [4.69, 9.17) is 10.00 Å². The molecule has 0 unspecified atom stereocenters. The Morgan fingerprint density at radius 3 is 2.53 bits per heavy atom. The van der Waals surface area contributed by atoms with Crippen molar-refractivity contribution in [1.29, 1.82) is 5.26 Å². The predicted octanol–water partition coefficient (Wildman–Crippen LogP) is 0.588. The Balaban J connectivity index is 4.20. The summed E-state index contributed by atoms with van der Waals surface area (Å²) in [6.45, 7) is 4.97. The third-order valence-corrected chi connectivity index (χ3v) is 3.82. The molecule has 0 aromatic rings. The van der Waals surface area contributed by atoms with Crippen LogP contribution in [0.2, 0.25) is 0 Å². The molecule has 0 aliphatic heterocycles. The van der Waals surface area contributed by atoms with Crippen LogP contribution < -0.4 is 0 Å². The van der Waals surface area contributed by atoms with E-state index in [-0.39, 0.29) is 25.3 Å². The van der Waals surface area contributed by atoms with Crippen molar-refractivity contribution in [2.24, 2.45) is 0 Å². The van der Waals surface area contributed by atoms with E-state index in [9.17, 15) is 8.42 Å². The Bertz CT molecular complexity index is 295. The highest BCUT2D eigenvalue weighted by molar-refractivity contribution is 7.89. The van der Waals surface area contributed by atoms with Gasteiger partial charge in [-0.15, -0.1) is 0 Å². The Hall–Kier alpha value is -0.640. The average molecular weight is 234 g/mol. The molecule has 0 amide bonds. The van der Waals surface area contributed by atoms with Crippen LogP contribution in [-0.2, 0) is 14.8 Å². The molecule has 5 nitrogen and oxygen atoms in total. The molecule has 0 rings (SSSR count). The van der Waals surface area contributed by atoms with Crippen molar-refractivity contribution in [3.63, 3.8) is 0 Å². The van der Waals surface area contributed by atoms with Crippen LogP contribution >= 0.6 is 0 Å². The second kappa shape index (κ2) is 7.63. The van der Waals surface area contributed by atoms with Crippen LogP contribution in [0.25, 0.3) is 0 Å². The minimum absolute atomic E-state index is 0.0138. The molecule has 0 bridgehead atoms. The second-order valence-corrected chi connectivity index (χ2v) is 5.00. The van der Waals surface area contributed by atoms with Crippen molar-refractivity contribution in [3.05, 3.63) is 0 Å². The molecular formula is C9H18N2O3S. The number of hydrogen-bond acceptors (Lipinski definition) is 4. The fraction of sp³-hybridized carbons (Fsp3) is 0.889. The van der Waals surface area contributed by atoms with Gasteiger partial charge in [-0.3, -0.25) is 0 Å². The predicted molar refractivity (Wildman–Crippen MR) is 57.8 cm³/mol. The summed E-state index contributed by atoms with van der Waals surface area (Å²) >= 11 is 0. The first-order chi connectivity index (χ1) is 7.08. The van der Waals surface area contributed by atoms with E-state index in [0.29, 0.717) is 13.2 Å². The highest BCUT2D eigenvalue weighted by Crippen LogP contribution is 2.02. The first-order valence-electron chi connectivity index (χ1n) is 5.01. The molecule has 15 heavy (non-hydrogen) atoms. The zero-order valence-corrected chi connectivity index (χ0v) is 10.1. The summed E-state index contributed by atoms with van der Waals surface area (Å²) in [6, 6.07) is 1.93. The van der Waals surface area contributed by atoms with Crippen LogP contribution in [0.5, 0.6) is 0 Å². The molecule has 0 aliphatic rings. The Morgan fingerprint density at radius 1 is 1.40 bits per heavy atom. The number of hydrogen-bond donors (Lipinski definition) is 0. The lowest BCUT2D eigenvalue weighted by molar-refractivity contribution is 0.162. The van der Waals surface area contributed by atoms with Crippen molar-refractivity contribution >= 4 is 10.0 Å². The first kappa shape index (κ1) is 14.4. The van der Waals surface area contributed by atoms with Gasteiger partial charge < -0.3 is 4.74 Å². The number of sulfonamides is 1. The van der Waals surface area contributed by atoms with Crippen molar-refractivity contribution < 1.29 is 13.2 Å². The molecular weight excluding hydrogens is 216 g/mol. The lowest BCUT2D eigenvalue weighted by Crippen LogP contribution is -2.34. The molecule has 0 radical (unpaired) electrons. The van der Waals surface area contributed by atoms with Crippen LogP contribution in [0.1, 0.15) is 20.3 Å². The monoisotopic (exact) mass is 234 g/mol. The summed E-state index contributed by atoms with van der Waals surface area (Å²) in [6.07, 6.45) is 0.224. The minimum atomic E-state index is -3.26. The topological polar surface area (TPSA) is 70.4 Å². The summed E-state index contributed by atoms with van der Waals surface area (Å²) in [5.74, 6) is -0.0138. The molecule has 0 saturated carbocycles. The summed E-state index contributed by atoms with van der Waals surface area (Å²) in [5.41, 5.74) is 0. The molecule has 0 saturated heterocycles. The maximum atomic E-state index is 11.7. The van der Waals surface area contributed by atoms with Gasteiger partial charge in [-0.2, -0.15) is 5.26 Å². The standard InChI is InChI=1S/C9H18N2O3S/c1-3-11(7-5-6-10)15(12,13)9-8-14-4-2/h3-5,7-9H2,1-2H3. The lowest BCUT2D eigenvalue weighted by Gasteiger charge is -2.18. The van der Waals surface area contributed by atoms with E-state index >= 15 is 0 Å². The maximum absolute atomic E-state index is 11.7. The number of rotatable bonds is 8. The van der Waals surface area contributed by atoms with Gasteiger partial charge in [-0.05, 0) is 6.92 Å². The molecule has 0 spiro atoms. The minimum Gasteiger partial charge on any atom is -0.381 e. The van der Waals surface area contributed by atoms with E-state index < -0.39 is 10.0 Å². The van der Waals surface area contributed by atoms with Gasteiger partial charge in [-0.1, -0.05) is 6.92 Å². The van der Waals surface area contributed by atoms with Gasteiger partial charge in [-0.25, -0.2) is 12.7 Å². The van der Waals surface area contributed by atoms with Crippen molar-refractivity contribution in [3.8, 4) is 6.07 Å². The third kappa shape index (κ3) is 5.72. The van der Waals surface area contributed by atoms with Crippen LogP contribution in [0.3, 0.4) is 0 Å². The smallest absolute Gasteiger partial charge is 0.216 e. The van der Waals surface area contributed by atoms with E-state index in [2.05, 4.69) is 0 Å². The Morgan fingerprint density at radius 2 is 2.07 bits per heavy atom. The molecule has 0 aromatic carbocycles. The summed E-state index contributed by atoms with van der Waals surface area (Å²) in [5, 5.41) is 8.39. The van der Waals surface area contributed by atoms with Crippen LogP contribution in [-0.4, -0.2) is 44.8 Å². The van der Waals surface area contributed by atoms with E-state index in [1.165, 1.54) is 4.31 Å². The zero-order valence-electron chi connectivity index (χ0n) is 9.27. The average Bonchev–Trinajstić information content (AvgIpc) is 2.19. The molecule has 0 aliphatic carbocycles. The molecule has 0 fully saturated rings. The number of nitrogens with zero attached hydrogens (tertiary/aromatic N) is 2. The number of nitriles is 1. The van der Waals surface area contributed by atoms with Gasteiger partial charge >= 0.3 is 0 Å². The molecule has 88 valence electrons. The molecule has 0 heterocycles. The molecule has 0 aromatic heterocycles. The normalized spacial score (nSPS) is 11.6. The molecule has 0 atom stereocenters. The maximum Gasteiger partial charge on any atom is 0.216 e. The summed E-state index contributed by atoms with van der Waals surface area (Å²) < 4.78 is 29.7. The van der Waals surface area contributed by atoms with Crippen LogP contribution in [0.4, 0.5) is 0 Å². The summed E-state index contributed by atoms with van der Waals surface area (Å²) in [7, 11) is -3.26. The van der Waals surface area contributed by atoms with Crippen molar-refractivity contribution in [1.82, 2.24) is 4.31 Å². The van der Waals surface area contributed by atoms with Gasteiger partial charge in [0.15, 0.2) is 0 Å². The zero-order chi connectivity index (χ0) is 11.7. The number of ether oxygens (including phenoxy) is 1. The Labute approximate surface area is 91.7 Å². The van der Waals surface area contributed by atoms with E-state index in [1.54, 1.807) is 6.92 Å². The molecule has 0 N–H and O–H groups in total. The highest BCUT2D eigenvalue weighted by Gasteiger charge is 2.19. The van der Waals surface area contributed by atoms with E-state index in [1.807, 2.05) is 13.0 Å².